The zero-order valence-corrected chi connectivity index (χ0v) is 14.1. The molecular formula is C14H15ClINO4. The van der Waals surface area contributed by atoms with Gasteiger partial charge in [-0.1, -0.05) is 11.6 Å². The van der Waals surface area contributed by atoms with Crippen LogP contribution in [0.15, 0.2) is 18.2 Å². The molecule has 1 saturated heterocycles. The summed E-state index contributed by atoms with van der Waals surface area (Å²) < 4.78 is 6.16. The quantitative estimate of drug-likeness (QED) is 0.756. The minimum Gasteiger partial charge on any atom is -0.480 e. The zero-order chi connectivity index (χ0) is 15.4. The van der Waals surface area contributed by atoms with Crippen molar-refractivity contribution in [1.29, 1.82) is 0 Å². The van der Waals surface area contributed by atoms with E-state index in [9.17, 15) is 9.59 Å². The molecule has 0 aromatic heterocycles. The van der Waals surface area contributed by atoms with Crippen molar-refractivity contribution in [2.75, 3.05) is 19.7 Å². The maximum Gasteiger partial charge on any atom is 0.329 e. The molecule has 1 fully saturated rings. The Hall–Kier alpha value is -0.860. The Morgan fingerprint density at radius 2 is 2.05 bits per heavy atom. The first-order valence-corrected chi connectivity index (χ1v) is 8.01. The van der Waals surface area contributed by atoms with Gasteiger partial charge in [-0.3, -0.25) is 4.79 Å². The number of aliphatic carboxylic acids is 1. The van der Waals surface area contributed by atoms with Crippen LogP contribution < -0.4 is 0 Å². The minimum absolute atomic E-state index is 0.0509. The number of carboxylic acid groups (broad SMARTS) is 1. The Balaban J connectivity index is 1.90. The summed E-state index contributed by atoms with van der Waals surface area (Å²) >= 11 is 8.15. The fourth-order valence-corrected chi connectivity index (χ4v) is 2.74. The molecule has 2 rings (SSSR count). The van der Waals surface area contributed by atoms with Crippen molar-refractivity contribution in [3.63, 3.8) is 0 Å². The second kappa shape index (κ2) is 7.42. The van der Waals surface area contributed by atoms with Gasteiger partial charge >= 0.3 is 5.97 Å². The summed E-state index contributed by atoms with van der Waals surface area (Å²) in [6, 6.07) is 5.26. The van der Waals surface area contributed by atoms with Gasteiger partial charge in [0.15, 0.2) is 0 Å². The average molecular weight is 424 g/mol. The van der Waals surface area contributed by atoms with Gasteiger partial charge in [0, 0.05) is 22.2 Å². The molecule has 1 heterocycles. The first kappa shape index (κ1) is 16.5. The SMILES string of the molecule is O=C(O)COC1CCN(C(=O)c2ccc(I)c(Cl)c2)CC1. The number of carboxylic acids is 1. The van der Waals surface area contributed by atoms with Gasteiger partial charge in [0.25, 0.3) is 5.91 Å². The van der Waals surface area contributed by atoms with E-state index in [-0.39, 0.29) is 18.6 Å². The van der Waals surface area contributed by atoms with Gasteiger partial charge in [0.05, 0.1) is 11.1 Å². The van der Waals surface area contributed by atoms with Crippen molar-refractivity contribution in [3.8, 4) is 0 Å². The molecule has 0 aliphatic carbocycles. The summed E-state index contributed by atoms with van der Waals surface area (Å²) in [5.74, 6) is -1.02. The molecule has 0 radical (unpaired) electrons. The van der Waals surface area contributed by atoms with E-state index >= 15 is 0 Å². The molecule has 0 unspecified atom stereocenters. The molecule has 5 nitrogen and oxygen atoms in total. The molecule has 0 bridgehead atoms. The molecule has 1 N–H and O–H groups in total. The number of piperidine rings is 1. The lowest BCUT2D eigenvalue weighted by Gasteiger charge is -2.31. The van der Waals surface area contributed by atoms with E-state index in [1.165, 1.54) is 0 Å². The van der Waals surface area contributed by atoms with Crippen LogP contribution in [0, 0.1) is 3.57 Å². The predicted molar refractivity (Wildman–Crippen MR) is 86.7 cm³/mol. The predicted octanol–water partition coefficient (Wildman–Crippen LogP) is 2.65. The molecule has 1 aliphatic heterocycles. The number of likely N-dealkylation sites (tertiary alicyclic amines) is 1. The zero-order valence-electron chi connectivity index (χ0n) is 11.2. The standard InChI is InChI=1S/C14H15ClINO4/c15-11-7-9(1-2-12(11)16)14(20)17-5-3-10(4-6-17)21-8-13(18)19/h1-2,7,10H,3-6,8H2,(H,18,19). The van der Waals surface area contributed by atoms with Crippen LogP contribution in [0.1, 0.15) is 23.2 Å². The van der Waals surface area contributed by atoms with Gasteiger partial charge in [-0.2, -0.15) is 0 Å². The fraction of sp³-hybridized carbons (Fsp3) is 0.429. The van der Waals surface area contributed by atoms with Gasteiger partial charge < -0.3 is 14.7 Å². The molecule has 1 aliphatic rings. The Morgan fingerprint density at radius 1 is 1.38 bits per heavy atom. The van der Waals surface area contributed by atoms with Gasteiger partial charge in [0.1, 0.15) is 6.61 Å². The molecule has 114 valence electrons. The Bertz CT molecular complexity index is 544. The monoisotopic (exact) mass is 423 g/mol. The van der Waals surface area contributed by atoms with E-state index in [0.717, 1.165) is 3.57 Å². The third-order valence-electron chi connectivity index (χ3n) is 3.34. The summed E-state index contributed by atoms with van der Waals surface area (Å²) in [4.78, 5) is 24.6. The first-order chi connectivity index (χ1) is 9.97. The second-order valence-corrected chi connectivity index (χ2v) is 6.39. The highest BCUT2D eigenvalue weighted by Gasteiger charge is 2.24. The maximum absolute atomic E-state index is 12.4. The highest BCUT2D eigenvalue weighted by Crippen LogP contribution is 2.22. The van der Waals surface area contributed by atoms with Crippen LogP contribution in [0.5, 0.6) is 0 Å². The van der Waals surface area contributed by atoms with Crippen LogP contribution >= 0.6 is 34.2 Å². The second-order valence-electron chi connectivity index (χ2n) is 4.83. The Kier molecular flexibility index (Phi) is 5.83. The largest absolute Gasteiger partial charge is 0.480 e. The van der Waals surface area contributed by atoms with Crippen molar-refractivity contribution >= 4 is 46.1 Å². The number of amides is 1. The van der Waals surface area contributed by atoms with E-state index in [2.05, 4.69) is 22.6 Å². The Morgan fingerprint density at radius 3 is 2.62 bits per heavy atom. The van der Waals surface area contributed by atoms with Crippen LogP contribution in [0.4, 0.5) is 0 Å². The maximum atomic E-state index is 12.4. The van der Waals surface area contributed by atoms with Crippen molar-refractivity contribution in [2.24, 2.45) is 0 Å². The molecule has 0 atom stereocenters. The van der Waals surface area contributed by atoms with Gasteiger partial charge in [0.2, 0.25) is 0 Å². The smallest absolute Gasteiger partial charge is 0.329 e. The Labute approximate surface area is 141 Å². The number of ether oxygens (including phenoxy) is 1. The highest BCUT2D eigenvalue weighted by molar-refractivity contribution is 14.1. The lowest BCUT2D eigenvalue weighted by atomic mass is 10.1. The highest BCUT2D eigenvalue weighted by atomic mass is 127. The topological polar surface area (TPSA) is 66.8 Å². The number of halogens is 2. The molecule has 7 heteroatoms. The number of carbonyl (C=O) groups is 2. The normalized spacial score (nSPS) is 16.0. The van der Waals surface area contributed by atoms with E-state index in [1.54, 1.807) is 17.0 Å². The van der Waals surface area contributed by atoms with Crippen molar-refractivity contribution in [1.82, 2.24) is 4.90 Å². The number of hydrogen-bond acceptors (Lipinski definition) is 3. The summed E-state index contributed by atoms with van der Waals surface area (Å²) in [6.07, 6.45) is 1.21. The molecule has 1 amide bonds. The molecule has 0 spiro atoms. The number of hydrogen-bond donors (Lipinski definition) is 1. The molecule has 0 saturated carbocycles. The third kappa shape index (κ3) is 4.55. The summed E-state index contributed by atoms with van der Waals surface area (Å²) in [7, 11) is 0. The summed E-state index contributed by atoms with van der Waals surface area (Å²) in [5.41, 5.74) is 0.574. The van der Waals surface area contributed by atoms with Crippen LogP contribution in [-0.4, -0.2) is 47.7 Å². The van der Waals surface area contributed by atoms with Gasteiger partial charge in [-0.15, -0.1) is 0 Å². The van der Waals surface area contributed by atoms with Gasteiger partial charge in [-0.25, -0.2) is 4.79 Å². The molecule has 21 heavy (non-hydrogen) atoms. The third-order valence-corrected chi connectivity index (χ3v) is 4.91. The van der Waals surface area contributed by atoms with Crippen molar-refractivity contribution < 1.29 is 19.4 Å². The van der Waals surface area contributed by atoms with E-state index in [0.29, 0.717) is 36.5 Å². The van der Waals surface area contributed by atoms with Gasteiger partial charge in [-0.05, 0) is 53.6 Å². The minimum atomic E-state index is -0.970. The van der Waals surface area contributed by atoms with E-state index < -0.39 is 5.97 Å². The number of nitrogens with zero attached hydrogens (tertiary/aromatic N) is 1. The van der Waals surface area contributed by atoms with Crippen LogP contribution in [-0.2, 0) is 9.53 Å². The van der Waals surface area contributed by atoms with Crippen LogP contribution in [0.25, 0.3) is 0 Å². The van der Waals surface area contributed by atoms with Crippen molar-refractivity contribution in [2.45, 2.75) is 18.9 Å². The summed E-state index contributed by atoms with van der Waals surface area (Å²) in [6.45, 7) is 0.838. The number of rotatable bonds is 4. The fourth-order valence-electron chi connectivity index (χ4n) is 2.23. The summed E-state index contributed by atoms with van der Waals surface area (Å²) in [5, 5.41) is 9.15. The lowest BCUT2D eigenvalue weighted by molar-refractivity contribution is -0.145. The number of carbonyl (C=O) groups excluding carboxylic acids is 1. The number of benzene rings is 1. The van der Waals surface area contributed by atoms with E-state index in [4.69, 9.17) is 21.4 Å². The van der Waals surface area contributed by atoms with Crippen LogP contribution in [0.2, 0.25) is 5.02 Å². The van der Waals surface area contributed by atoms with Crippen molar-refractivity contribution in [3.05, 3.63) is 32.4 Å². The molecule has 1 aromatic rings. The first-order valence-electron chi connectivity index (χ1n) is 6.55. The molecular weight excluding hydrogens is 409 g/mol. The van der Waals surface area contributed by atoms with E-state index in [1.807, 2.05) is 6.07 Å². The molecule has 1 aromatic carbocycles. The average Bonchev–Trinajstić information content (AvgIpc) is 2.48. The lowest BCUT2D eigenvalue weighted by Crippen LogP contribution is -2.41. The van der Waals surface area contributed by atoms with Crippen LogP contribution in [0.3, 0.4) is 0 Å².